The van der Waals surface area contributed by atoms with Gasteiger partial charge in [-0.05, 0) is 30.3 Å². The highest BCUT2D eigenvalue weighted by atomic mass is 32.2. The number of methoxy groups -OCH3 is 1. The zero-order chi connectivity index (χ0) is 19.1. The third-order valence-corrected chi connectivity index (χ3v) is 5.48. The topological polar surface area (TPSA) is 76.1 Å². The van der Waals surface area contributed by atoms with Crippen LogP contribution in [0.1, 0.15) is 5.56 Å². The molecule has 140 valence electrons. The van der Waals surface area contributed by atoms with Gasteiger partial charge < -0.3 is 15.4 Å². The molecule has 0 fully saturated rings. The summed E-state index contributed by atoms with van der Waals surface area (Å²) in [5.41, 5.74) is 1.32. The molecule has 1 amide bonds. The second-order valence-corrected chi connectivity index (χ2v) is 7.58. The van der Waals surface area contributed by atoms with Crippen LogP contribution in [0.2, 0.25) is 0 Å². The maximum Gasteiger partial charge on any atom is 0.230 e. The number of ether oxygens (including phenoxy) is 1. The highest BCUT2D eigenvalue weighted by molar-refractivity contribution is 8.01. The Hall–Kier alpha value is -2.65. The standard InChI is InChI=1S/C18H17FN4O2S2/c1-25-14-8-6-13(7-9-14)21-17-22-23-18(27-17)26-11-16(24)20-10-12-4-2-3-5-15(12)19/h2-9H,10-11H2,1H3,(H,20,24)(H,21,22). The normalized spacial score (nSPS) is 10.4. The summed E-state index contributed by atoms with van der Waals surface area (Å²) in [6, 6.07) is 13.8. The van der Waals surface area contributed by atoms with Gasteiger partial charge in [0.05, 0.1) is 12.9 Å². The molecule has 0 saturated heterocycles. The summed E-state index contributed by atoms with van der Waals surface area (Å²) < 4.78 is 19.3. The SMILES string of the molecule is COc1ccc(Nc2nnc(SCC(=O)NCc3ccccc3F)s2)cc1. The van der Waals surface area contributed by atoms with Crippen LogP contribution in [-0.2, 0) is 11.3 Å². The molecule has 27 heavy (non-hydrogen) atoms. The largest absolute Gasteiger partial charge is 0.497 e. The minimum absolute atomic E-state index is 0.159. The zero-order valence-corrected chi connectivity index (χ0v) is 16.1. The Morgan fingerprint density at radius 2 is 1.96 bits per heavy atom. The number of aromatic nitrogens is 2. The fourth-order valence-corrected chi connectivity index (χ4v) is 3.73. The Kier molecular flexibility index (Phi) is 6.61. The second-order valence-electron chi connectivity index (χ2n) is 5.38. The molecule has 0 spiro atoms. The van der Waals surface area contributed by atoms with Gasteiger partial charge in [-0.1, -0.05) is 41.3 Å². The number of benzene rings is 2. The summed E-state index contributed by atoms with van der Waals surface area (Å²) in [5.74, 6) is 0.438. The van der Waals surface area contributed by atoms with Gasteiger partial charge >= 0.3 is 0 Å². The van der Waals surface area contributed by atoms with Crippen molar-refractivity contribution in [3.05, 3.63) is 59.9 Å². The highest BCUT2D eigenvalue weighted by Gasteiger charge is 2.09. The van der Waals surface area contributed by atoms with E-state index in [4.69, 9.17) is 4.74 Å². The first kappa shape index (κ1) is 19.1. The summed E-state index contributed by atoms with van der Waals surface area (Å²) in [4.78, 5) is 11.9. The number of nitrogens with zero attached hydrogens (tertiary/aromatic N) is 2. The molecule has 1 aromatic heterocycles. The molecule has 0 aliphatic heterocycles. The van der Waals surface area contributed by atoms with Crippen LogP contribution >= 0.6 is 23.1 Å². The molecule has 0 unspecified atom stereocenters. The summed E-state index contributed by atoms with van der Waals surface area (Å²) in [5, 5.41) is 14.6. The first-order valence-electron chi connectivity index (χ1n) is 8.01. The van der Waals surface area contributed by atoms with E-state index in [0.717, 1.165) is 11.4 Å². The maximum absolute atomic E-state index is 13.5. The van der Waals surface area contributed by atoms with Crippen molar-refractivity contribution in [1.82, 2.24) is 15.5 Å². The number of amides is 1. The van der Waals surface area contributed by atoms with E-state index < -0.39 is 0 Å². The molecule has 0 atom stereocenters. The van der Waals surface area contributed by atoms with Crippen molar-refractivity contribution in [2.75, 3.05) is 18.2 Å². The Labute approximate surface area is 164 Å². The predicted molar refractivity (Wildman–Crippen MR) is 105 cm³/mol. The van der Waals surface area contributed by atoms with Crippen LogP contribution in [0.3, 0.4) is 0 Å². The number of anilines is 2. The molecule has 6 nitrogen and oxygen atoms in total. The summed E-state index contributed by atoms with van der Waals surface area (Å²) >= 11 is 2.64. The maximum atomic E-state index is 13.5. The van der Waals surface area contributed by atoms with Gasteiger partial charge in [-0.15, -0.1) is 10.2 Å². The third-order valence-electron chi connectivity index (χ3n) is 3.51. The molecule has 2 aromatic carbocycles. The van der Waals surface area contributed by atoms with Gasteiger partial charge in [0.2, 0.25) is 11.0 Å². The average Bonchev–Trinajstić information content (AvgIpc) is 3.13. The number of hydrogen-bond acceptors (Lipinski definition) is 7. The predicted octanol–water partition coefficient (Wildman–Crippen LogP) is 3.84. The van der Waals surface area contributed by atoms with E-state index in [-0.39, 0.29) is 24.0 Å². The quantitative estimate of drug-likeness (QED) is 0.556. The molecule has 0 aliphatic carbocycles. The van der Waals surface area contributed by atoms with Crippen molar-refractivity contribution in [2.45, 2.75) is 10.9 Å². The number of hydrogen-bond donors (Lipinski definition) is 2. The van der Waals surface area contributed by atoms with Gasteiger partial charge in [-0.2, -0.15) is 0 Å². The third kappa shape index (κ3) is 5.66. The average molecular weight is 404 g/mol. The van der Waals surface area contributed by atoms with E-state index in [9.17, 15) is 9.18 Å². The van der Waals surface area contributed by atoms with Crippen LogP contribution in [-0.4, -0.2) is 29.0 Å². The van der Waals surface area contributed by atoms with E-state index in [1.807, 2.05) is 24.3 Å². The lowest BCUT2D eigenvalue weighted by molar-refractivity contribution is -0.118. The molecule has 0 saturated carbocycles. The number of carbonyl (C=O) groups is 1. The van der Waals surface area contributed by atoms with E-state index in [2.05, 4.69) is 20.8 Å². The second kappa shape index (κ2) is 9.33. The first-order chi connectivity index (χ1) is 13.1. The summed E-state index contributed by atoms with van der Waals surface area (Å²) in [6.07, 6.45) is 0. The van der Waals surface area contributed by atoms with Crippen molar-refractivity contribution < 1.29 is 13.9 Å². The fourth-order valence-electron chi connectivity index (χ4n) is 2.13. The van der Waals surface area contributed by atoms with Gasteiger partial charge in [0.15, 0.2) is 4.34 Å². The van der Waals surface area contributed by atoms with Crippen molar-refractivity contribution in [2.24, 2.45) is 0 Å². The lowest BCUT2D eigenvalue weighted by Gasteiger charge is -2.05. The van der Waals surface area contributed by atoms with Crippen molar-refractivity contribution in [1.29, 1.82) is 0 Å². The fraction of sp³-hybridized carbons (Fsp3) is 0.167. The lowest BCUT2D eigenvalue weighted by Crippen LogP contribution is -2.24. The van der Waals surface area contributed by atoms with Crippen LogP contribution in [0.15, 0.2) is 52.9 Å². The molecule has 2 N–H and O–H groups in total. The number of nitrogens with one attached hydrogen (secondary N) is 2. The van der Waals surface area contributed by atoms with E-state index in [1.165, 1.54) is 29.2 Å². The Bertz CT molecular complexity index is 902. The number of rotatable bonds is 8. The van der Waals surface area contributed by atoms with Crippen molar-refractivity contribution in [3.63, 3.8) is 0 Å². The Morgan fingerprint density at radius 1 is 1.19 bits per heavy atom. The summed E-state index contributed by atoms with van der Waals surface area (Å²) in [7, 11) is 1.61. The van der Waals surface area contributed by atoms with E-state index in [0.29, 0.717) is 15.0 Å². The molecular formula is C18H17FN4O2S2. The van der Waals surface area contributed by atoms with Gasteiger partial charge in [-0.25, -0.2) is 4.39 Å². The zero-order valence-electron chi connectivity index (χ0n) is 14.4. The molecule has 3 rings (SSSR count). The number of thioether (sulfide) groups is 1. The summed E-state index contributed by atoms with van der Waals surface area (Å²) in [6.45, 7) is 0.159. The van der Waals surface area contributed by atoms with Crippen LogP contribution in [0.5, 0.6) is 5.75 Å². The van der Waals surface area contributed by atoms with E-state index in [1.54, 1.807) is 25.3 Å². The van der Waals surface area contributed by atoms with E-state index >= 15 is 0 Å². The molecule has 9 heteroatoms. The molecule has 0 radical (unpaired) electrons. The van der Waals surface area contributed by atoms with Gasteiger partial charge in [0.1, 0.15) is 11.6 Å². The first-order valence-corrected chi connectivity index (χ1v) is 9.82. The lowest BCUT2D eigenvalue weighted by atomic mass is 10.2. The van der Waals surface area contributed by atoms with Gasteiger partial charge in [-0.3, -0.25) is 4.79 Å². The molecule has 1 heterocycles. The Balaban J connectivity index is 1.46. The molecule has 0 bridgehead atoms. The van der Waals surface area contributed by atoms with Crippen LogP contribution in [0.25, 0.3) is 0 Å². The van der Waals surface area contributed by atoms with Crippen molar-refractivity contribution >= 4 is 39.8 Å². The smallest absolute Gasteiger partial charge is 0.230 e. The van der Waals surface area contributed by atoms with Gasteiger partial charge in [0, 0.05) is 17.8 Å². The molecular weight excluding hydrogens is 387 g/mol. The molecule has 3 aromatic rings. The van der Waals surface area contributed by atoms with Crippen molar-refractivity contribution in [3.8, 4) is 5.75 Å². The van der Waals surface area contributed by atoms with Gasteiger partial charge in [0.25, 0.3) is 0 Å². The number of carbonyl (C=O) groups excluding carboxylic acids is 1. The van der Waals surface area contributed by atoms with Crippen LogP contribution in [0, 0.1) is 5.82 Å². The molecule has 0 aliphatic rings. The minimum atomic E-state index is -0.330. The minimum Gasteiger partial charge on any atom is -0.497 e. The van der Waals surface area contributed by atoms with Crippen LogP contribution < -0.4 is 15.4 Å². The Morgan fingerprint density at radius 3 is 2.70 bits per heavy atom. The van der Waals surface area contributed by atoms with Crippen LogP contribution in [0.4, 0.5) is 15.2 Å². The highest BCUT2D eigenvalue weighted by Crippen LogP contribution is 2.28. The monoisotopic (exact) mass is 404 g/mol. The number of halogens is 1.